The summed E-state index contributed by atoms with van der Waals surface area (Å²) in [4.78, 5) is 0. The quantitative estimate of drug-likeness (QED) is 0.588. The van der Waals surface area contributed by atoms with E-state index >= 15 is 0 Å². The molecule has 0 aromatic heterocycles. The summed E-state index contributed by atoms with van der Waals surface area (Å²) in [5.74, 6) is 0. The molecule has 3 aromatic rings. The van der Waals surface area contributed by atoms with Gasteiger partial charge in [-0.15, -0.1) is 12.4 Å². The fourth-order valence-corrected chi connectivity index (χ4v) is 3.08. The van der Waals surface area contributed by atoms with Crippen molar-refractivity contribution in [3.63, 3.8) is 0 Å². The highest BCUT2D eigenvalue weighted by molar-refractivity contribution is 6.13. The summed E-state index contributed by atoms with van der Waals surface area (Å²) in [5.41, 5.74) is 7.48. The number of halogens is 1. The van der Waals surface area contributed by atoms with Crippen molar-refractivity contribution in [2.45, 2.75) is 20.3 Å². The number of rotatable bonds is 4. The second-order valence-electron chi connectivity index (χ2n) is 5.96. The van der Waals surface area contributed by atoms with E-state index in [0.717, 1.165) is 28.7 Å². The minimum atomic E-state index is 0. The van der Waals surface area contributed by atoms with Crippen LogP contribution < -0.4 is 0 Å². The Balaban J connectivity index is 0.00000208. The van der Waals surface area contributed by atoms with Crippen LogP contribution in [-0.4, -0.2) is 5.71 Å². The highest BCUT2D eigenvalue weighted by Crippen LogP contribution is 2.22. The van der Waals surface area contributed by atoms with Crippen LogP contribution in [0.25, 0.3) is 0 Å². The van der Waals surface area contributed by atoms with Gasteiger partial charge in [0.2, 0.25) is 0 Å². The second-order valence-corrected chi connectivity index (χ2v) is 5.96. The average molecular weight is 336 g/mol. The van der Waals surface area contributed by atoms with Crippen molar-refractivity contribution in [3.8, 4) is 0 Å². The van der Waals surface area contributed by atoms with Gasteiger partial charge in [0.15, 0.2) is 0 Å². The summed E-state index contributed by atoms with van der Waals surface area (Å²) in [6.45, 7) is 4.16. The Morgan fingerprint density at radius 1 is 0.750 bits per heavy atom. The van der Waals surface area contributed by atoms with Crippen LogP contribution in [-0.2, 0) is 6.42 Å². The molecule has 0 aliphatic heterocycles. The molecule has 1 N–H and O–H groups in total. The first-order valence-corrected chi connectivity index (χ1v) is 7.94. The van der Waals surface area contributed by atoms with E-state index in [4.69, 9.17) is 5.41 Å². The summed E-state index contributed by atoms with van der Waals surface area (Å²) in [5, 5.41) is 8.76. The third kappa shape index (κ3) is 3.74. The van der Waals surface area contributed by atoms with Crippen molar-refractivity contribution in [2.75, 3.05) is 0 Å². The highest BCUT2D eigenvalue weighted by atomic mass is 35.5. The number of hydrogen-bond acceptors (Lipinski definition) is 1. The number of hydrogen-bond donors (Lipinski definition) is 1. The summed E-state index contributed by atoms with van der Waals surface area (Å²) in [6.07, 6.45) is 0.852. The van der Waals surface area contributed by atoms with E-state index in [2.05, 4.69) is 74.5 Å². The van der Waals surface area contributed by atoms with Gasteiger partial charge in [-0.1, -0.05) is 72.8 Å². The zero-order valence-electron chi connectivity index (χ0n) is 14.0. The van der Waals surface area contributed by atoms with Crippen LogP contribution in [0.2, 0.25) is 0 Å². The van der Waals surface area contributed by atoms with Gasteiger partial charge < -0.3 is 0 Å². The topological polar surface area (TPSA) is 23.9 Å². The third-order valence-electron chi connectivity index (χ3n) is 4.26. The molecular formula is C22H22ClN. The Hall–Kier alpha value is -2.38. The largest absolute Gasteiger partial charge is 0.300 e. The van der Waals surface area contributed by atoms with Crippen LogP contribution in [0.4, 0.5) is 0 Å². The third-order valence-corrected chi connectivity index (χ3v) is 4.26. The van der Waals surface area contributed by atoms with Gasteiger partial charge >= 0.3 is 0 Å². The van der Waals surface area contributed by atoms with E-state index < -0.39 is 0 Å². The molecule has 0 saturated carbocycles. The number of aryl methyl sites for hydroxylation is 2. The molecule has 1 nitrogen and oxygen atoms in total. The van der Waals surface area contributed by atoms with Gasteiger partial charge in [0.05, 0.1) is 5.71 Å². The van der Waals surface area contributed by atoms with E-state index in [0.29, 0.717) is 5.71 Å². The first-order chi connectivity index (χ1) is 11.2. The molecule has 24 heavy (non-hydrogen) atoms. The van der Waals surface area contributed by atoms with Gasteiger partial charge in [-0.3, -0.25) is 5.41 Å². The van der Waals surface area contributed by atoms with Crippen molar-refractivity contribution in [2.24, 2.45) is 0 Å². The molecule has 0 radical (unpaired) electrons. The second kappa shape index (κ2) is 7.94. The molecule has 122 valence electrons. The Bertz CT molecular complexity index is 817. The molecule has 2 heteroatoms. The monoisotopic (exact) mass is 335 g/mol. The van der Waals surface area contributed by atoms with E-state index in [-0.39, 0.29) is 12.4 Å². The highest BCUT2D eigenvalue weighted by Gasteiger charge is 2.14. The zero-order chi connectivity index (χ0) is 16.2. The predicted molar refractivity (Wildman–Crippen MR) is 105 cm³/mol. The molecule has 0 bridgehead atoms. The normalized spacial score (nSPS) is 10.1. The van der Waals surface area contributed by atoms with Gasteiger partial charge in [-0.25, -0.2) is 0 Å². The van der Waals surface area contributed by atoms with Gasteiger partial charge in [0.25, 0.3) is 0 Å². The average Bonchev–Trinajstić information content (AvgIpc) is 2.56. The Labute approximate surface area is 150 Å². The van der Waals surface area contributed by atoms with E-state index in [1.807, 2.05) is 12.1 Å². The molecule has 0 atom stereocenters. The SMILES string of the molecule is Cc1cccc(C)c1C(=N)c1ccccc1Cc1ccccc1.Cl. The van der Waals surface area contributed by atoms with Crippen molar-refractivity contribution in [1.29, 1.82) is 5.41 Å². The first kappa shape index (κ1) is 18.0. The lowest BCUT2D eigenvalue weighted by Gasteiger charge is -2.15. The molecule has 0 spiro atoms. The fraction of sp³-hybridized carbons (Fsp3) is 0.136. The smallest absolute Gasteiger partial charge is 0.0692 e. The molecule has 0 fully saturated rings. The van der Waals surface area contributed by atoms with Crippen molar-refractivity contribution >= 4 is 18.1 Å². The first-order valence-electron chi connectivity index (χ1n) is 7.94. The Morgan fingerprint density at radius 3 is 2.00 bits per heavy atom. The summed E-state index contributed by atoms with van der Waals surface area (Å²) < 4.78 is 0. The molecule has 3 rings (SSSR count). The van der Waals surface area contributed by atoms with Crippen LogP contribution in [0.3, 0.4) is 0 Å². The summed E-state index contributed by atoms with van der Waals surface area (Å²) in [7, 11) is 0. The van der Waals surface area contributed by atoms with Crippen LogP contribution in [0, 0.1) is 19.3 Å². The predicted octanol–water partition coefficient (Wildman–Crippen LogP) is 5.73. The summed E-state index contributed by atoms with van der Waals surface area (Å²) >= 11 is 0. The fourth-order valence-electron chi connectivity index (χ4n) is 3.08. The molecule has 3 aromatic carbocycles. The molecule has 0 aliphatic rings. The van der Waals surface area contributed by atoms with Crippen molar-refractivity contribution in [3.05, 3.63) is 106 Å². The molecule has 0 saturated heterocycles. The van der Waals surface area contributed by atoms with Crippen LogP contribution in [0.5, 0.6) is 0 Å². The summed E-state index contributed by atoms with van der Waals surface area (Å²) in [6, 6.07) is 24.9. The molecular weight excluding hydrogens is 314 g/mol. The standard InChI is InChI=1S/C22H21N.ClH/c1-16-9-8-10-17(2)21(16)22(23)20-14-7-6-13-19(20)15-18-11-4-3-5-12-18;/h3-14,23H,15H2,1-2H3;1H. The number of nitrogens with one attached hydrogen (secondary N) is 1. The van der Waals surface area contributed by atoms with Crippen LogP contribution in [0.1, 0.15) is 33.4 Å². The van der Waals surface area contributed by atoms with E-state index in [1.165, 1.54) is 11.1 Å². The van der Waals surface area contributed by atoms with Gasteiger partial charge in [0.1, 0.15) is 0 Å². The number of benzene rings is 3. The lowest BCUT2D eigenvalue weighted by atomic mass is 9.90. The Kier molecular flexibility index (Phi) is 5.94. The van der Waals surface area contributed by atoms with E-state index in [1.54, 1.807) is 0 Å². The van der Waals surface area contributed by atoms with Crippen molar-refractivity contribution < 1.29 is 0 Å². The van der Waals surface area contributed by atoms with Crippen LogP contribution in [0.15, 0.2) is 72.8 Å². The van der Waals surface area contributed by atoms with E-state index in [9.17, 15) is 0 Å². The molecule has 0 aliphatic carbocycles. The molecule has 0 heterocycles. The van der Waals surface area contributed by atoms with Crippen molar-refractivity contribution in [1.82, 2.24) is 0 Å². The Morgan fingerprint density at radius 2 is 1.33 bits per heavy atom. The van der Waals surface area contributed by atoms with Gasteiger partial charge in [-0.2, -0.15) is 0 Å². The lowest BCUT2D eigenvalue weighted by Crippen LogP contribution is -2.09. The molecule has 0 amide bonds. The maximum absolute atomic E-state index is 8.76. The van der Waals surface area contributed by atoms with Gasteiger partial charge in [-0.05, 0) is 42.5 Å². The van der Waals surface area contributed by atoms with Crippen LogP contribution >= 0.6 is 12.4 Å². The van der Waals surface area contributed by atoms with Gasteiger partial charge in [0, 0.05) is 11.1 Å². The minimum absolute atomic E-state index is 0. The zero-order valence-corrected chi connectivity index (χ0v) is 14.9. The lowest BCUT2D eigenvalue weighted by molar-refractivity contribution is 1.18. The maximum atomic E-state index is 8.76. The minimum Gasteiger partial charge on any atom is -0.300 e. The molecule has 0 unspecified atom stereocenters. The maximum Gasteiger partial charge on any atom is 0.0692 e.